The van der Waals surface area contributed by atoms with Gasteiger partial charge in [0, 0.05) is 12.3 Å². The summed E-state index contributed by atoms with van der Waals surface area (Å²) < 4.78 is 11.6. The number of hydrogen-bond donors (Lipinski definition) is 1. The van der Waals surface area contributed by atoms with Gasteiger partial charge in [-0.05, 0) is 35.2 Å². The fourth-order valence-electron chi connectivity index (χ4n) is 3.34. The number of carbonyl (C=O) groups excluding carboxylic acids is 1. The molecule has 0 radical (unpaired) electrons. The van der Waals surface area contributed by atoms with Crippen LogP contribution in [0.3, 0.4) is 0 Å². The molecule has 0 spiro atoms. The Kier molecular flexibility index (Phi) is 6.04. The number of esters is 1. The summed E-state index contributed by atoms with van der Waals surface area (Å²) in [6, 6.07) is 16.2. The Bertz CT molecular complexity index is 1350. The molecule has 0 saturated heterocycles. The van der Waals surface area contributed by atoms with E-state index in [-0.39, 0.29) is 22.1 Å². The van der Waals surface area contributed by atoms with Gasteiger partial charge in [-0.25, -0.2) is 4.79 Å². The number of anilines is 2. The second kappa shape index (κ2) is 9.07. The summed E-state index contributed by atoms with van der Waals surface area (Å²) in [4.78, 5) is 25.4. The van der Waals surface area contributed by atoms with Gasteiger partial charge in [0.05, 0.1) is 37.5 Å². The topological polar surface area (TPSA) is 95.3 Å². The van der Waals surface area contributed by atoms with Crippen LogP contribution in [0, 0.1) is 0 Å². The highest BCUT2D eigenvalue weighted by atomic mass is 35.5. The number of pyridine rings is 1. The standard InChI is InChI=1S/C23H19ClN4O4/c1-31-16-8-6-14(7-9-16)13-28-11-10-15-4-3-5-17(20(15)22(28)29)25-18-12-19(24)26-27-21(18)23(30)32-2/h3-12H,13H2,1-2H3,(H,25,26). The van der Waals surface area contributed by atoms with Gasteiger partial charge in [0.25, 0.3) is 5.56 Å². The average molecular weight is 451 g/mol. The molecule has 0 amide bonds. The maximum atomic E-state index is 13.4. The second-order valence-corrected chi connectivity index (χ2v) is 7.30. The van der Waals surface area contributed by atoms with Crippen molar-refractivity contribution in [1.82, 2.24) is 14.8 Å². The van der Waals surface area contributed by atoms with Crippen molar-refractivity contribution in [3.05, 3.63) is 87.6 Å². The fraction of sp³-hybridized carbons (Fsp3) is 0.130. The van der Waals surface area contributed by atoms with Gasteiger partial charge in [-0.3, -0.25) is 4.79 Å². The van der Waals surface area contributed by atoms with E-state index in [0.717, 1.165) is 16.7 Å². The lowest BCUT2D eigenvalue weighted by Gasteiger charge is -2.14. The predicted octanol–water partition coefficient (Wildman–Crippen LogP) is 4.03. The molecule has 162 valence electrons. The number of rotatable bonds is 6. The molecule has 2 aromatic heterocycles. The predicted molar refractivity (Wildman–Crippen MR) is 122 cm³/mol. The van der Waals surface area contributed by atoms with Crippen LogP contribution in [0.1, 0.15) is 16.1 Å². The van der Waals surface area contributed by atoms with Crippen LogP contribution in [0.2, 0.25) is 5.15 Å². The van der Waals surface area contributed by atoms with Gasteiger partial charge in [0.1, 0.15) is 5.75 Å². The number of methoxy groups -OCH3 is 2. The van der Waals surface area contributed by atoms with Crippen LogP contribution in [-0.2, 0) is 11.3 Å². The summed E-state index contributed by atoms with van der Waals surface area (Å²) >= 11 is 5.98. The van der Waals surface area contributed by atoms with Crippen LogP contribution in [-0.4, -0.2) is 35.0 Å². The van der Waals surface area contributed by atoms with Gasteiger partial charge < -0.3 is 19.4 Å². The fourth-order valence-corrected chi connectivity index (χ4v) is 3.49. The third-order valence-electron chi connectivity index (χ3n) is 4.93. The maximum absolute atomic E-state index is 13.4. The normalized spacial score (nSPS) is 10.7. The maximum Gasteiger partial charge on any atom is 0.360 e. The van der Waals surface area contributed by atoms with Crippen LogP contribution >= 0.6 is 11.6 Å². The first-order valence-corrected chi connectivity index (χ1v) is 10.0. The Morgan fingerprint density at radius 2 is 1.84 bits per heavy atom. The minimum atomic E-state index is -0.672. The van der Waals surface area contributed by atoms with Crippen molar-refractivity contribution < 1.29 is 14.3 Å². The average Bonchev–Trinajstić information content (AvgIpc) is 2.81. The minimum Gasteiger partial charge on any atom is -0.497 e. The van der Waals surface area contributed by atoms with E-state index in [0.29, 0.717) is 17.6 Å². The van der Waals surface area contributed by atoms with Crippen molar-refractivity contribution in [1.29, 1.82) is 0 Å². The summed E-state index contributed by atoms with van der Waals surface area (Å²) in [5.41, 5.74) is 1.52. The van der Waals surface area contributed by atoms with Crippen LogP contribution < -0.4 is 15.6 Å². The Balaban J connectivity index is 1.77. The smallest absolute Gasteiger partial charge is 0.360 e. The molecule has 4 rings (SSSR count). The van der Waals surface area contributed by atoms with E-state index in [4.69, 9.17) is 21.1 Å². The number of halogens is 1. The van der Waals surface area contributed by atoms with Crippen molar-refractivity contribution in [3.8, 4) is 5.75 Å². The molecular weight excluding hydrogens is 432 g/mol. The number of ether oxygens (including phenoxy) is 2. The highest BCUT2D eigenvalue weighted by Crippen LogP contribution is 2.27. The summed E-state index contributed by atoms with van der Waals surface area (Å²) in [5.74, 6) is 0.0750. The van der Waals surface area contributed by atoms with Crippen LogP contribution in [0.25, 0.3) is 10.8 Å². The van der Waals surface area contributed by atoms with Gasteiger partial charge in [-0.15, -0.1) is 10.2 Å². The van der Waals surface area contributed by atoms with Crippen LogP contribution in [0.5, 0.6) is 5.75 Å². The first kappa shape index (κ1) is 21.3. The van der Waals surface area contributed by atoms with Crippen molar-refractivity contribution in [3.63, 3.8) is 0 Å². The van der Waals surface area contributed by atoms with Crippen LogP contribution in [0.4, 0.5) is 11.4 Å². The van der Waals surface area contributed by atoms with E-state index in [1.54, 1.807) is 23.9 Å². The molecule has 0 saturated carbocycles. The molecule has 0 aliphatic heterocycles. The zero-order valence-corrected chi connectivity index (χ0v) is 18.1. The van der Waals surface area contributed by atoms with E-state index in [2.05, 4.69) is 15.5 Å². The largest absolute Gasteiger partial charge is 0.497 e. The lowest BCUT2D eigenvalue weighted by atomic mass is 10.1. The van der Waals surface area contributed by atoms with E-state index in [1.165, 1.54) is 13.2 Å². The summed E-state index contributed by atoms with van der Waals surface area (Å²) in [6.45, 7) is 0.392. The molecular formula is C23H19ClN4O4. The molecule has 0 fully saturated rings. The van der Waals surface area contributed by atoms with Crippen molar-refractivity contribution in [2.45, 2.75) is 6.54 Å². The molecule has 0 atom stereocenters. The van der Waals surface area contributed by atoms with Gasteiger partial charge in [-0.1, -0.05) is 35.9 Å². The summed E-state index contributed by atoms with van der Waals surface area (Å²) in [6.07, 6.45) is 1.75. The van der Waals surface area contributed by atoms with E-state index in [1.807, 2.05) is 42.5 Å². The first-order chi connectivity index (χ1) is 15.5. The number of fused-ring (bicyclic) bond motifs is 1. The van der Waals surface area contributed by atoms with E-state index < -0.39 is 5.97 Å². The molecule has 0 aliphatic carbocycles. The van der Waals surface area contributed by atoms with Crippen molar-refractivity contribution in [2.75, 3.05) is 19.5 Å². The number of benzene rings is 2. The monoisotopic (exact) mass is 450 g/mol. The lowest BCUT2D eigenvalue weighted by molar-refractivity contribution is 0.0594. The van der Waals surface area contributed by atoms with Gasteiger partial charge in [0.15, 0.2) is 10.8 Å². The van der Waals surface area contributed by atoms with E-state index >= 15 is 0 Å². The molecule has 0 unspecified atom stereocenters. The number of aromatic nitrogens is 3. The third kappa shape index (κ3) is 4.26. The number of nitrogens with zero attached hydrogens (tertiary/aromatic N) is 3. The summed E-state index contributed by atoms with van der Waals surface area (Å²) in [7, 11) is 2.85. The Labute approximate surface area is 188 Å². The van der Waals surface area contributed by atoms with E-state index in [9.17, 15) is 9.59 Å². The molecule has 0 aliphatic rings. The van der Waals surface area contributed by atoms with Crippen molar-refractivity contribution in [2.24, 2.45) is 0 Å². The Morgan fingerprint density at radius 3 is 2.56 bits per heavy atom. The molecule has 8 nitrogen and oxygen atoms in total. The molecule has 0 bridgehead atoms. The number of hydrogen-bond acceptors (Lipinski definition) is 7. The van der Waals surface area contributed by atoms with Gasteiger partial charge in [-0.2, -0.15) is 0 Å². The molecule has 4 aromatic rings. The first-order valence-electron chi connectivity index (χ1n) is 9.64. The SMILES string of the molecule is COC(=O)c1nnc(Cl)cc1Nc1cccc2ccn(Cc3ccc(OC)cc3)c(=O)c12. The minimum absolute atomic E-state index is 0.0385. The summed E-state index contributed by atoms with van der Waals surface area (Å²) in [5, 5.41) is 11.9. The van der Waals surface area contributed by atoms with Gasteiger partial charge >= 0.3 is 5.97 Å². The molecule has 9 heteroatoms. The lowest BCUT2D eigenvalue weighted by Crippen LogP contribution is -2.21. The Hall–Kier alpha value is -3.91. The van der Waals surface area contributed by atoms with Crippen LogP contribution in [0.15, 0.2) is 65.6 Å². The molecule has 2 aromatic carbocycles. The molecule has 1 N–H and O–H groups in total. The highest BCUT2D eigenvalue weighted by Gasteiger charge is 2.17. The second-order valence-electron chi connectivity index (χ2n) is 6.91. The zero-order chi connectivity index (χ0) is 22.7. The number of nitrogens with one attached hydrogen (secondary N) is 1. The van der Waals surface area contributed by atoms with Gasteiger partial charge in [0.2, 0.25) is 0 Å². The highest BCUT2D eigenvalue weighted by molar-refractivity contribution is 6.29. The zero-order valence-electron chi connectivity index (χ0n) is 17.3. The molecule has 32 heavy (non-hydrogen) atoms. The van der Waals surface area contributed by atoms with Crippen molar-refractivity contribution >= 4 is 39.7 Å². The number of carbonyl (C=O) groups is 1. The molecule has 2 heterocycles. The quantitative estimate of drug-likeness (QED) is 0.443. The third-order valence-corrected chi connectivity index (χ3v) is 5.11. The Morgan fingerprint density at radius 1 is 1.06 bits per heavy atom.